The van der Waals surface area contributed by atoms with Gasteiger partial charge in [0.1, 0.15) is 18.5 Å². The van der Waals surface area contributed by atoms with Gasteiger partial charge in [-0.15, -0.1) is 6.42 Å². The van der Waals surface area contributed by atoms with E-state index in [1.807, 2.05) is 0 Å². The van der Waals surface area contributed by atoms with Gasteiger partial charge in [0.15, 0.2) is 0 Å². The smallest absolute Gasteiger partial charge is 0.446 e. The van der Waals surface area contributed by atoms with E-state index in [1.54, 1.807) is 0 Å². The average molecular weight is 378 g/mol. The third kappa shape index (κ3) is 3.44. The highest BCUT2D eigenvalue weighted by molar-refractivity contribution is 8.00. The zero-order valence-electron chi connectivity index (χ0n) is 13.0. The zero-order chi connectivity index (χ0) is 18.5. The lowest BCUT2D eigenvalue weighted by atomic mass is 9.70. The number of rotatable bonds is 4. The number of aliphatic hydroxyl groups is 1. The van der Waals surface area contributed by atoms with Crippen LogP contribution in [0, 0.1) is 17.8 Å². The molecule has 0 aliphatic heterocycles. The maximum Gasteiger partial charge on any atom is 0.446 e. The predicted molar refractivity (Wildman–Crippen MR) is 82.6 cm³/mol. The topological polar surface area (TPSA) is 29.5 Å². The van der Waals surface area contributed by atoms with Crippen molar-refractivity contribution in [1.82, 2.24) is 0 Å². The molecule has 0 bridgehead atoms. The number of hydrogen-bond donors (Lipinski definition) is 1. The first-order chi connectivity index (χ1) is 11.6. The summed E-state index contributed by atoms with van der Waals surface area (Å²) in [5.74, 6) is -0.839. The highest BCUT2D eigenvalue weighted by atomic mass is 32.2. The van der Waals surface area contributed by atoms with Crippen LogP contribution in [0.25, 0.3) is 0 Å². The van der Waals surface area contributed by atoms with Crippen LogP contribution in [-0.4, -0.2) is 23.1 Å². The van der Waals surface area contributed by atoms with Crippen LogP contribution in [0.15, 0.2) is 17.0 Å². The molecule has 0 saturated heterocycles. The van der Waals surface area contributed by atoms with Crippen molar-refractivity contribution in [3.8, 4) is 18.1 Å². The predicted octanol–water partition coefficient (Wildman–Crippen LogP) is 4.71. The van der Waals surface area contributed by atoms with Crippen molar-refractivity contribution in [3.63, 3.8) is 0 Å². The summed E-state index contributed by atoms with van der Waals surface area (Å²) in [4.78, 5) is -0.435. The van der Waals surface area contributed by atoms with Gasteiger partial charge in [-0.05, 0) is 36.7 Å². The number of aliphatic hydroxyl groups excluding tert-OH is 1. The minimum atomic E-state index is -4.65. The van der Waals surface area contributed by atoms with E-state index in [1.165, 1.54) is 6.07 Å². The van der Waals surface area contributed by atoms with E-state index in [2.05, 4.69) is 5.92 Å². The summed E-state index contributed by atoms with van der Waals surface area (Å²) in [5, 5.41) is 9.82. The van der Waals surface area contributed by atoms with Crippen molar-refractivity contribution in [2.75, 3.05) is 6.61 Å². The molecule has 3 rings (SSSR count). The summed E-state index contributed by atoms with van der Waals surface area (Å²) in [6.07, 6.45) is 4.79. The molecule has 1 saturated carbocycles. The SMILES string of the molecule is C#CC1(COc2ccc(SC(F)(F)F)c3c2CC(F)(F)C3O)CCC1. The van der Waals surface area contributed by atoms with Gasteiger partial charge in [-0.1, -0.05) is 12.3 Å². The van der Waals surface area contributed by atoms with Gasteiger partial charge in [0.2, 0.25) is 0 Å². The van der Waals surface area contributed by atoms with Crippen LogP contribution < -0.4 is 4.74 Å². The van der Waals surface area contributed by atoms with Crippen LogP contribution in [0.3, 0.4) is 0 Å². The summed E-state index contributed by atoms with van der Waals surface area (Å²) in [6.45, 7) is 0.114. The average Bonchev–Trinajstić information content (AvgIpc) is 2.70. The van der Waals surface area contributed by atoms with E-state index >= 15 is 0 Å². The first-order valence-electron chi connectivity index (χ1n) is 7.65. The quantitative estimate of drug-likeness (QED) is 0.468. The van der Waals surface area contributed by atoms with Crippen LogP contribution in [0.2, 0.25) is 0 Å². The third-order valence-corrected chi connectivity index (χ3v) is 5.51. The molecule has 1 N–H and O–H groups in total. The first-order valence-corrected chi connectivity index (χ1v) is 8.47. The lowest BCUT2D eigenvalue weighted by Gasteiger charge is -2.36. The molecule has 2 aliphatic carbocycles. The molecule has 0 radical (unpaired) electrons. The number of benzene rings is 1. The molecule has 8 heteroatoms. The Labute approximate surface area is 145 Å². The molecule has 25 heavy (non-hydrogen) atoms. The van der Waals surface area contributed by atoms with Crippen molar-refractivity contribution in [3.05, 3.63) is 23.3 Å². The molecule has 0 spiro atoms. The minimum absolute atomic E-state index is 0.0549. The molecule has 0 heterocycles. The second-order valence-corrected chi connectivity index (χ2v) is 7.52. The lowest BCUT2D eigenvalue weighted by molar-refractivity contribution is -0.0977. The Hall–Kier alpha value is -1.46. The highest BCUT2D eigenvalue weighted by Gasteiger charge is 2.50. The highest BCUT2D eigenvalue weighted by Crippen LogP contribution is 2.52. The zero-order valence-corrected chi connectivity index (χ0v) is 13.8. The van der Waals surface area contributed by atoms with Gasteiger partial charge >= 0.3 is 5.51 Å². The van der Waals surface area contributed by atoms with Crippen LogP contribution in [0.4, 0.5) is 22.0 Å². The number of ether oxygens (including phenoxy) is 1. The van der Waals surface area contributed by atoms with Gasteiger partial charge < -0.3 is 9.84 Å². The number of fused-ring (bicyclic) bond motifs is 1. The third-order valence-electron chi connectivity index (χ3n) is 4.71. The normalized spacial score (nSPS) is 23.5. The Kier molecular flexibility index (Phi) is 4.44. The molecule has 2 aliphatic rings. The fourth-order valence-electron chi connectivity index (χ4n) is 3.15. The van der Waals surface area contributed by atoms with Crippen LogP contribution in [-0.2, 0) is 6.42 Å². The second kappa shape index (κ2) is 6.06. The molecule has 0 aromatic heterocycles. The van der Waals surface area contributed by atoms with Crippen molar-refractivity contribution < 1.29 is 31.8 Å². The number of hydrogen-bond acceptors (Lipinski definition) is 3. The maximum absolute atomic E-state index is 13.9. The van der Waals surface area contributed by atoms with Crippen LogP contribution in [0.1, 0.15) is 36.5 Å². The molecular weight excluding hydrogens is 363 g/mol. The Morgan fingerprint density at radius 1 is 1.32 bits per heavy atom. The molecule has 2 nitrogen and oxygen atoms in total. The van der Waals surface area contributed by atoms with Crippen molar-refractivity contribution >= 4 is 11.8 Å². The number of halogens is 5. The molecule has 1 aromatic carbocycles. The summed E-state index contributed by atoms with van der Waals surface area (Å²) >= 11 is -0.518. The van der Waals surface area contributed by atoms with Crippen LogP contribution in [0.5, 0.6) is 5.75 Å². The van der Waals surface area contributed by atoms with Crippen molar-refractivity contribution in [2.45, 2.75) is 48.1 Å². The Morgan fingerprint density at radius 2 is 2.00 bits per heavy atom. The molecule has 1 unspecified atom stereocenters. The lowest BCUT2D eigenvalue weighted by Crippen LogP contribution is -2.34. The van der Waals surface area contributed by atoms with Gasteiger partial charge in [0.25, 0.3) is 5.92 Å². The maximum atomic E-state index is 13.9. The Balaban J connectivity index is 1.93. The molecular formula is C17H15F5O2S. The summed E-state index contributed by atoms with van der Waals surface area (Å²) in [5.41, 5.74) is -5.59. The van der Waals surface area contributed by atoms with E-state index in [9.17, 15) is 27.1 Å². The van der Waals surface area contributed by atoms with E-state index in [0.29, 0.717) is 0 Å². The molecule has 1 aromatic rings. The molecule has 136 valence electrons. The van der Waals surface area contributed by atoms with Gasteiger partial charge in [-0.3, -0.25) is 0 Å². The van der Waals surface area contributed by atoms with Crippen molar-refractivity contribution in [2.24, 2.45) is 5.41 Å². The molecule has 1 fully saturated rings. The number of terminal acetylenes is 1. The summed E-state index contributed by atoms with van der Waals surface area (Å²) in [7, 11) is 0. The standard InChI is InChI=1S/C17H15F5O2S/c1-2-15(6-3-7-15)9-24-11-4-5-12(25-17(20,21)22)13-10(11)8-16(18,19)14(13)23/h1,4-5,14,23H,3,6-9H2. The van der Waals surface area contributed by atoms with Gasteiger partial charge in [-0.25, -0.2) is 8.78 Å². The fourth-order valence-corrected chi connectivity index (χ4v) is 3.88. The number of thioether (sulfide) groups is 1. The van der Waals surface area contributed by atoms with E-state index in [-0.39, 0.29) is 17.9 Å². The van der Waals surface area contributed by atoms with Gasteiger partial charge in [0.05, 0.1) is 5.41 Å². The molecule has 1 atom stereocenters. The minimum Gasteiger partial charge on any atom is -0.492 e. The summed E-state index contributed by atoms with van der Waals surface area (Å²) < 4.78 is 71.4. The summed E-state index contributed by atoms with van der Waals surface area (Å²) in [6, 6.07) is 2.30. The van der Waals surface area contributed by atoms with Crippen molar-refractivity contribution in [1.29, 1.82) is 0 Å². The Morgan fingerprint density at radius 3 is 2.52 bits per heavy atom. The number of alkyl halides is 5. The van der Waals surface area contributed by atoms with E-state index in [0.717, 1.165) is 25.3 Å². The van der Waals surface area contributed by atoms with E-state index < -0.39 is 51.6 Å². The van der Waals surface area contributed by atoms with Crippen LogP contribution >= 0.6 is 11.8 Å². The second-order valence-electron chi connectivity index (χ2n) is 6.41. The first kappa shape index (κ1) is 18.3. The monoisotopic (exact) mass is 378 g/mol. The molecule has 0 amide bonds. The Bertz CT molecular complexity index is 719. The largest absolute Gasteiger partial charge is 0.492 e. The fraction of sp³-hybridized carbons (Fsp3) is 0.529. The van der Waals surface area contributed by atoms with Gasteiger partial charge in [-0.2, -0.15) is 13.2 Å². The van der Waals surface area contributed by atoms with Gasteiger partial charge in [0, 0.05) is 22.4 Å². The van der Waals surface area contributed by atoms with E-state index in [4.69, 9.17) is 11.2 Å².